The van der Waals surface area contributed by atoms with E-state index in [1.54, 1.807) is 17.4 Å². The molecule has 3 rings (SSSR count). The summed E-state index contributed by atoms with van der Waals surface area (Å²) in [5, 5.41) is 5.50. The van der Waals surface area contributed by atoms with Crippen LogP contribution < -0.4 is 11.1 Å². The molecule has 120 valence electrons. The normalized spacial score (nSPS) is 12.5. The third-order valence-electron chi connectivity index (χ3n) is 3.42. The molecule has 3 aromatic heterocycles. The molecule has 0 aliphatic rings. The first-order valence-corrected chi connectivity index (χ1v) is 9.02. The van der Waals surface area contributed by atoms with E-state index >= 15 is 0 Å². The van der Waals surface area contributed by atoms with Crippen molar-refractivity contribution in [3.63, 3.8) is 0 Å². The number of hydrogen-bond acceptors (Lipinski definition) is 5. The van der Waals surface area contributed by atoms with E-state index in [1.807, 2.05) is 19.1 Å². The Kier molecular flexibility index (Phi) is 4.84. The lowest BCUT2D eigenvalue weighted by atomic mass is 10.2. The van der Waals surface area contributed by atoms with Crippen LogP contribution in [0.2, 0.25) is 0 Å². The highest BCUT2D eigenvalue weighted by molar-refractivity contribution is 9.10. The molecule has 3 aromatic rings. The molecule has 3 heterocycles. The van der Waals surface area contributed by atoms with Crippen LogP contribution in [0, 0.1) is 0 Å². The second-order valence-electron chi connectivity index (χ2n) is 5.43. The maximum Gasteiger partial charge on any atom is 0.177 e. The summed E-state index contributed by atoms with van der Waals surface area (Å²) in [4.78, 5) is 5.85. The van der Waals surface area contributed by atoms with Crippen molar-refractivity contribution in [2.45, 2.75) is 25.9 Å². The average Bonchev–Trinajstić information content (AvgIpc) is 3.14. The predicted molar refractivity (Wildman–Crippen MR) is 101 cm³/mol. The molecule has 6 heteroatoms. The SMILES string of the molecule is C=Cc1cc(NCc2cccs2)c2oc(C[C@H](C)N)c(Br)c2n1. The van der Waals surface area contributed by atoms with Crippen LogP contribution in [0.4, 0.5) is 5.69 Å². The van der Waals surface area contributed by atoms with Crippen molar-refractivity contribution < 1.29 is 4.42 Å². The van der Waals surface area contributed by atoms with E-state index in [0.29, 0.717) is 6.42 Å². The van der Waals surface area contributed by atoms with Gasteiger partial charge in [0.05, 0.1) is 15.9 Å². The summed E-state index contributed by atoms with van der Waals surface area (Å²) in [7, 11) is 0. The fraction of sp³-hybridized carbons (Fsp3) is 0.235. The number of halogens is 1. The number of rotatable bonds is 6. The number of nitrogens with one attached hydrogen (secondary N) is 1. The van der Waals surface area contributed by atoms with Gasteiger partial charge in [-0.15, -0.1) is 11.3 Å². The molecule has 0 radical (unpaired) electrons. The molecule has 1 atom stereocenters. The van der Waals surface area contributed by atoms with Crippen LogP contribution in [0.15, 0.2) is 39.0 Å². The summed E-state index contributed by atoms with van der Waals surface area (Å²) in [6.45, 7) is 6.52. The van der Waals surface area contributed by atoms with Gasteiger partial charge >= 0.3 is 0 Å². The monoisotopic (exact) mass is 391 g/mol. The molecule has 3 N–H and O–H groups in total. The van der Waals surface area contributed by atoms with Crippen molar-refractivity contribution in [1.29, 1.82) is 0 Å². The van der Waals surface area contributed by atoms with Gasteiger partial charge in [0.25, 0.3) is 0 Å². The topological polar surface area (TPSA) is 64.1 Å². The van der Waals surface area contributed by atoms with Gasteiger partial charge in [-0.25, -0.2) is 4.98 Å². The lowest BCUT2D eigenvalue weighted by Gasteiger charge is -2.06. The minimum absolute atomic E-state index is 0.0215. The van der Waals surface area contributed by atoms with Gasteiger partial charge in [0.1, 0.15) is 11.3 Å². The second-order valence-corrected chi connectivity index (χ2v) is 7.26. The van der Waals surface area contributed by atoms with Crippen molar-refractivity contribution in [2.75, 3.05) is 5.32 Å². The summed E-state index contributed by atoms with van der Waals surface area (Å²) in [5.74, 6) is 0.822. The lowest BCUT2D eigenvalue weighted by molar-refractivity contribution is 0.523. The van der Waals surface area contributed by atoms with Crippen molar-refractivity contribution >= 4 is 50.1 Å². The van der Waals surface area contributed by atoms with Gasteiger partial charge in [-0.05, 0) is 46.4 Å². The second kappa shape index (κ2) is 6.86. The fourth-order valence-electron chi connectivity index (χ4n) is 2.36. The minimum Gasteiger partial charge on any atom is -0.456 e. The zero-order valence-electron chi connectivity index (χ0n) is 12.8. The van der Waals surface area contributed by atoms with Gasteiger partial charge in [0, 0.05) is 23.9 Å². The number of fused-ring (bicyclic) bond motifs is 1. The van der Waals surface area contributed by atoms with Gasteiger partial charge < -0.3 is 15.5 Å². The largest absolute Gasteiger partial charge is 0.456 e. The Bertz CT molecular complexity index is 824. The molecule has 0 aliphatic carbocycles. The van der Waals surface area contributed by atoms with Crippen LogP contribution in [0.25, 0.3) is 17.2 Å². The first-order valence-electron chi connectivity index (χ1n) is 7.34. The summed E-state index contributed by atoms with van der Waals surface area (Å²) in [6, 6.07) is 6.12. The number of thiophene rings is 1. The molecule has 0 bridgehead atoms. The van der Waals surface area contributed by atoms with Crippen LogP contribution >= 0.6 is 27.3 Å². The van der Waals surface area contributed by atoms with Crippen LogP contribution in [-0.4, -0.2) is 11.0 Å². The molecule has 4 nitrogen and oxygen atoms in total. The van der Waals surface area contributed by atoms with E-state index < -0.39 is 0 Å². The number of hydrogen-bond donors (Lipinski definition) is 2. The maximum atomic E-state index is 6.03. The van der Waals surface area contributed by atoms with E-state index in [2.05, 4.69) is 44.3 Å². The van der Waals surface area contributed by atoms with Gasteiger partial charge in [0.2, 0.25) is 0 Å². The van der Waals surface area contributed by atoms with Gasteiger partial charge in [-0.2, -0.15) is 0 Å². The summed E-state index contributed by atoms with van der Waals surface area (Å²) < 4.78 is 6.90. The van der Waals surface area contributed by atoms with E-state index in [4.69, 9.17) is 10.2 Å². The summed E-state index contributed by atoms with van der Waals surface area (Å²) >= 11 is 5.32. The van der Waals surface area contributed by atoms with Gasteiger partial charge in [0.15, 0.2) is 5.58 Å². The molecule has 0 amide bonds. The molecule has 0 aromatic carbocycles. The van der Waals surface area contributed by atoms with Crippen molar-refractivity contribution in [1.82, 2.24) is 4.98 Å². The van der Waals surface area contributed by atoms with E-state index in [0.717, 1.165) is 39.3 Å². The van der Waals surface area contributed by atoms with E-state index in [9.17, 15) is 0 Å². The molecule has 23 heavy (non-hydrogen) atoms. The molecule has 0 saturated carbocycles. The summed E-state index contributed by atoms with van der Waals surface area (Å²) in [6.07, 6.45) is 2.39. The molecular formula is C17H18BrN3OS. The van der Waals surface area contributed by atoms with Crippen LogP contribution in [0.5, 0.6) is 0 Å². The first kappa shape index (κ1) is 16.2. The van der Waals surface area contributed by atoms with Crippen LogP contribution in [0.3, 0.4) is 0 Å². The Morgan fingerprint density at radius 1 is 1.57 bits per heavy atom. The molecule has 0 saturated heterocycles. The average molecular weight is 392 g/mol. The van der Waals surface area contributed by atoms with Crippen molar-refractivity contribution in [3.05, 3.63) is 51.0 Å². The van der Waals surface area contributed by atoms with Crippen molar-refractivity contribution in [2.24, 2.45) is 5.73 Å². The Morgan fingerprint density at radius 3 is 3.04 bits per heavy atom. The number of nitrogens with two attached hydrogens (primary N) is 1. The molecule has 0 unspecified atom stereocenters. The van der Waals surface area contributed by atoms with E-state index in [1.165, 1.54) is 4.88 Å². The van der Waals surface area contributed by atoms with Gasteiger partial charge in [-0.1, -0.05) is 12.6 Å². The highest BCUT2D eigenvalue weighted by Gasteiger charge is 2.18. The van der Waals surface area contributed by atoms with E-state index in [-0.39, 0.29) is 6.04 Å². The third-order valence-corrected chi connectivity index (χ3v) is 5.11. The third kappa shape index (κ3) is 3.49. The highest BCUT2D eigenvalue weighted by Crippen LogP contribution is 2.35. The van der Waals surface area contributed by atoms with Crippen LogP contribution in [-0.2, 0) is 13.0 Å². The smallest absolute Gasteiger partial charge is 0.177 e. The van der Waals surface area contributed by atoms with Crippen molar-refractivity contribution in [3.8, 4) is 0 Å². The number of pyridine rings is 1. The Hall–Kier alpha value is -1.63. The number of anilines is 1. The number of aromatic nitrogens is 1. The van der Waals surface area contributed by atoms with Gasteiger partial charge in [-0.3, -0.25) is 0 Å². The Balaban J connectivity index is 2.02. The number of furan rings is 1. The lowest BCUT2D eigenvalue weighted by Crippen LogP contribution is -2.17. The maximum absolute atomic E-state index is 6.03. The zero-order chi connectivity index (χ0) is 16.4. The first-order chi connectivity index (χ1) is 11.1. The predicted octanol–water partition coefficient (Wildman–Crippen LogP) is 4.80. The standard InChI is InChI=1S/C17H18BrN3OS/c1-3-11-8-13(20-9-12-5-4-6-23-12)17-16(21-11)15(18)14(22-17)7-10(2)19/h3-6,8,10H,1,7,9,19H2,2H3,(H,20,21)/t10-/m0/s1. The molecule has 0 fully saturated rings. The minimum atomic E-state index is 0.0215. The molecular weight excluding hydrogens is 374 g/mol. The fourth-order valence-corrected chi connectivity index (χ4v) is 3.52. The molecule has 0 aliphatic heterocycles. The van der Waals surface area contributed by atoms with Crippen LogP contribution in [0.1, 0.15) is 23.3 Å². The highest BCUT2D eigenvalue weighted by atomic mass is 79.9. The Labute approximate surface area is 147 Å². The summed E-state index contributed by atoms with van der Waals surface area (Å²) in [5.41, 5.74) is 9.16. The Morgan fingerprint density at radius 2 is 2.39 bits per heavy atom. The molecule has 0 spiro atoms. The number of nitrogens with zero attached hydrogens (tertiary/aromatic N) is 1. The quantitative estimate of drug-likeness (QED) is 0.633. The zero-order valence-corrected chi connectivity index (χ0v) is 15.2.